The second kappa shape index (κ2) is 6.92. The third kappa shape index (κ3) is 2.94. The molecule has 3 aromatic carbocycles. The van der Waals surface area contributed by atoms with E-state index in [4.69, 9.17) is 4.98 Å². The van der Waals surface area contributed by atoms with Crippen molar-refractivity contribution in [2.24, 2.45) is 0 Å². The van der Waals surface area contributed by atoms with Crippen LogP contribution in [0.15, 0.2) is 78.2 Å². The molecule has 0 N–H and O–H groups in total. The molecule has 28 heavy (non-hydrogen) atoms. The third-order valence-corrected chi connectivity index (χ3v) is 5.94. The van der Waals surface area contributed by atoms with Crippen molar-refractivity contribution in [1.82, 2.24) is 4.98 Å². The number of aromatic nitrogens is 1. The first kappa shape index (κ1) is 16.7. The van der Waals surface area contributed by atoms with Crippen LogP contribution in [-0.2, 0) is 6.42 Å². The van der Waals surface area contributed by atoms with Crippen molar-refractivity contribution in [3.63, 3.8) is 0 Å². The highest BCUT2D eigenvalue weighted by molar-refractivity contribution is 7.11. The maximum atomic E-state index is 9.61. The van der Waals surface area contributed by atoms with Gasteiger partial charge in [0, 0.05) is 10.9 Å². The molecule has 0 fully saturated rings. The summed E-state index contributed by atoms with van der Waals surface area (Å²) >= 11 is 1.51. The highest BCUT2D eigenvalue weighted by Crippen LogP contribution is 2.39. The van der Waals surface area contributed by atoms with Gasteiger partial charge in [-0.3, -0.25) is 0 Å². The first-order valence-electron chi connectivity index (χ1n) is 9.16. The predicted molar refractivity (Wildman–Crippen MR) is 116 cm³/mol. The van der Waals surface area contributed by atoms with Crippen LogP contribution in [0.3, 0.4) is 0 Å². The molecule has 1 aliphatic carbocycles. The van der Waals surface area contributed by atoms with Crippen LogP contribution < -0.4 is 0 Å². The summed E-state index contributed by atoms with van der Waals surface area (Å²) in [6, 6.07) is 27.3. The minimum Gasteiger partial charge on any atom is -0.235 e. The summed E-state index contributed by atoms with van der Waals surface area (Å²) in [6.07, 6.45) is 2.88. The SMILES string of the molecule is N#C/C(=C/c1ccccc1)c1nc(-c2ccc3c(c2)-c2ccccc2C3)cs1. The Bertz CT molecular complexity index is 1240. The lowest BCUT2D eigenvalue weighted by Crippen LogP contribution is -1.85. The maximum Gasteiger partial charge on any atom is 0.134 e. The Balaban J connectivity index is 1.51. The van der Waals surface area contributed by atoms with Gasteiger partial charge in [0.15, 0.2) is 0 Å². The van der Waals surface area contributed by atoms with E-state index in [2.05, 4.69) is 48.5 Å². The molecule has 0 amide bonds. The number of allylic oxidation sites excluding steroid dienone is 1. The van der Waals surface area contributed by atoms with Crippen molar-refractivity contribution < 1.29 is 0 Å². The van der Waals surface area contributed by atoms with Gasteiger partial charge in [0.1, 0.15) is 11.1 Å². The Labute approximate surface area is 168 Å². The molecule has 0 bridgehead atoms. The lowest BCUT2D eigenvalue weighted by Gasteiger charge is -2.04. The Morgan fingerprint density at radius 3 is 2.57 bits per heavy atom. The van der Waals surface area contributed by atoms with Crippen molar-refractivity contribution in [2.45, 2.75) is 6.42 Å². The number of hydrogen-bond acceptors (Lipinski definition) is 3. The molecule has 5 rings (SSSR count). The van der Waals surface area contributed by atoms with Crippen LogP contribution in [0.25, 0.3) is 34.0 Å². The number of hydrogen-bond donors (Lipinski definition) is 0. The quantitative estimate of drug-likeness (QED) is 0.339. The minimum atomic E-state index is 0.592. The molecule has 0 saturated carbocycles. The summed E-state index contributed by atoms with van der Waals surface area (Å²) in [4.78, 5) is 4.76. The molecule has 2 nitrogen and oxygen atoms in total. The number of nitrogens with zero attached hydrogens (tertiary/aromatic N) is 2. The molecule has 1 aromatic heterocycles. The molecule has 1 heterocycles. The lowest BCUT2D eigenvalue weighted by molar-refractivity contribution is 1.26. The highest BCUT2D eigenvalue weighted by Gasteiger charge is 2.19. The van der Waals surface area contributed by atoms with Crippen LogP contribution in [0.1, 0.15) is 21.7 Å². The van der Waals surface area contributed by atoms with E-state index in [1.54, 1.807) is 0 Å². The predicted octanol–water partition coefficient (Wildman–Crippen LogP) is 6.45. The summed E-state index contributed by atoms with van der Waals surface area (Å²) in [5, 5.41) is 12.4. The number of rotatable bonds is 3. The molecule has 0 saturated heterocycles. The van der Waals surface area contributed by atoms with Crippen LogP contribution >= 0.6 is 11.3 Å². The normalized spacial score (nSPS) is 12.3. The number of nitriles is 1. The van der Waals surface area contributed by atoms with E-state index >= 15 is 0 Å². The van der Waals surface area contributed by atoms with Crippen LogP contribution in [0.2, 0.25) is 0 Å². The fourth-order valence-corrected chi connectivity index (χ4v) is 4.47. The zero-order valence-corrected chi connectivity index (χ0v) is 15.9. The fourth-order valence-electron chi connectivity index (χ4n) is 3.67. The second-order valence-electron chi connectivity index (χ2n) is 6.82. The van der Waals surface area contributed by atoms with E-state index in [1.807, 2.05) is 41.8 Å². The van der Waals surface area contributed by atoms with Gasteiger partial charge in [-0.2, -0.15) is 5.26 Å². The molecule has 0 atom stereocenters. The molecular weight excluding hydrogens is 360 g/mol. The van der Waals surface area contributed by atoms with Crippen molar-refractivity contribution in [2.75, 3.05) is 0 Å². The molecule has 0 aliphatic heterocycles. The smallest absolute Gasteiger partial charge is 0.134 e. The number of fused-ring (bicyclic) bond motifs is 3. The first-order valence-corrected chi connectivity index (χ1v) is 10.0. The van der Waals surface area contributed by atoms with Gasteiger partial charge in [-0.25, -0.2) is 4.98 Å². The fraction of sp³-hybridized carbons (Fsp3) is 0.0400. The first-order chi connectivity index (χ1) is 13.8. The average molecular weight is 376 g/mol. The largest absolute Gasteiger partial charge is 0.235 e. The Morgan fingerprint density at radius 1 is 0.929 bits per heavy atom. The van der Waals surface area contributed by atoms with Gasteiger partial charge in [-0.05, 0) is 46.4 Å². The third-order valence-electron chi connectivity index (χ3n) is 5.06. The summed E-state index contributed by atoms with van der Waals surface area (Å²) in [7, 11) is 0. The van der Waals surface area contributed by atoms with E-state index in [0.29, 0.717) is 5.57 Å². The lowest BCUT2D eigenvalue weighted by atomic mass is 10.0. The van der Waals surface area contributed by atoms with Crippen LogP contribution in [0.4, 0.5) is 0 Å². The van der Waals surface area contributed by atoms with E-state index < -0.39 is 0 Å². The van der Waals surface area contributed by atoms with E-state index in [0.717, 1.165) is 28.2 Å². The Morgan fingerprint density at radius 2 is 1.71 bits per heavy atom. The van der Waals surface area contributed by atoms with Crippen LogP contribution in [0.5, 0.6) is 0 Å². The van der Waals surface area contributed by atoms with E-state index in [1.165, 1.54) is 33.6 Å². The molecule has 4 aromatic rings. The van der Waals surface area contributed by atoms with Crippen LogP contribution in [-0.4, -0.2) is 4.98 Å². The molecule has 0 unspecified atom stereocenters. The van der Waals surface area contributed by atoms with Gasteiger partial charge in [0.2, 0.25) is 0 Å². The standard InChI is InChI=1S/C25H16N2S/c26-15-21(12-17-6-2-1-3-7-17)25-27-24(16-28-25)20-11-10-19-13-18-8-4-5-9-22(18)23(19)14-20/h1-12,14,16H,13H2/b21-12-. The van der Waals surface area contributed by atoms with Crippen LogP contribution in [0, 0.1) is 11.3 Å². The molecule has 3 heteroatoms. The van der Waals surface area contributed by atoms with Gasteiger partial charge < -0.3 is 0 Å². The number of benzene rings is 3. The molecule has 0 spiro atoms. The van der Waals surface area contributed by atoms with Gasteiger partial charge in [0.25, 0.3) is 0 Å². The molecule has 132 valence electrons. The van der Waals surface area contributed by atoms with Crippen molar-refractivity contribution in [1.29, 1.82) is 5.26 Å². The maximum absolute atomic E-state index is 9.61. The Hall–Kier alpha value is -3.48. The van der Waals surface area contributed by atoms with Gasteiger partial charge >= 0.3 is 0 Å². The molecule has 1 aliphatic rings. The zero-order chi connectivity index (χ0) is 18.9. The summed E-state index contributed by atoms with van der Waals surface area (Å²) in [6.45, 7) is 0. The second-order valence-corrected chi connectivity index (χ2v) is 7.68. The van der Waals surface area contributed by atoms with Crippen molar-refractivity contribution in [3.05, 3.63) is 99.9 Å². The monoisotopic (exact) mass is 376 g/mol. The highest BCUT2D eigenvalue weighted by atomic mass is 32.1. The molecular formula is C25H16N2S. The summed E-state index contributed by atoms with van der Waals surface area (Å²) < 4.78 is 0. The van der Waals surface area contributed by atoms with Gasteiger partial charge in [0.05, 0.1) is 11.3 Å². The summed E-state index contributed by atoms with van der Waals surface area (Å²) in [5.41, 5.74) is 8.96. The molecule has 0 radical (unpaired) electrons. The van der Waals surface area contributed by atoms with Crippen molar-refractivity contribution in [3.8, 4) is 28.5 Å². The zero-order valence-electron chi connectivity index (χ0n) is 15.1. The van der Waals surface area contributed by atoms with Gasteiger partial charge in [-0.1, -0.05) is 66.7 Å². The van der Waals surface area contributed by atoms with Gasteiger partial charge in [-0.15, -0.1) is 11.3 Å². The summed E-state index contributed by atoms with van der Waals surface area (Å²) in [5.74, 6) is 0. The van der Waals surface area contributed by atoms with E-state index in [-0.39, 0.29) is 0 Å². The Kier molecular flexibility index (Phi) is 4.12. The average Bonchev–Trinajstić information content (AvgIpc) is 3.37. The number of thiazole rings is 1. The minimum absolute atomic E-state index is 0.592. The topological polar surface area (TPSA) is 36.7 Å². The van der Waals surface area contributed by atoms with E-state index in [9.17, 15) is 5.26 Å². The van der Waals surface area contributed by atoms with Crippen molar-refractivity contribution >= 4 is 23.0 Å².